The Labute approximate surface area is 162 Å². The van der Waals surface area contributed by atoms with Gasteiger partial charge in [0.05, 0.1) is 13.2 Å². The first kappa shape index (κ1) is 18.4. The molecular formula is C24H26O2P+. The van der Waals surface area contributed by atoms with Gasteiger partial charge >= 0.3 is 0 Å². The molecule has 0 aliphatic carbocycles. The predicted octanol–water partition coefficient (Wildman–Crippen LogP) is 4.13. The first-order chi connectivity index (χ1) is 13.2. The molecule has 1 fully saturated rings. The number of benzene rings is 3. The zero-order valence-electron chi connectivity index (χ0n) is 15.9. The molecule has 0 amide bonds. The summed E-state index contributed by atoms with van der Waals surface area (Å²) in [5.41, 5.74) is 0.166. The van der Waals surface area contributed by atoms with Crippen molar-refractivity contribution in [2.24, 2.45) is 0 Å². The molecule has 1 atom stereocenters. The molecule has 1 aliphatic rings. The molecule has 0 N–H and O–H groups in total. The van der Waals surface area contributed by atoms with Crippen molar-refractivity contribution in [3.05, 3.63) is 91.0 Å². The van der Waals surface area contributed by atoms with Crippen LogP contribution in [0, 0.1) is 0 Å². The third-order valence-electron chi connectivity index (χ3n) is 5.69. The van der Waals surface area contributed by atoms with Crippen LogP contribution in [0.4, 0.5) is 0 Å². The van der Waals surface area contributed by atoms with Crippen LogP contribution in [0.15, 0.2) is 91.0 Å². The van der Waals surface area contributed by atoms with E-state index in [4.69, 9.17) is 9.47 Å². The van der Waals surface area contributed by atoms with Gasteiger partial charge in [0.25, 0.3) is 0 Å². The molecule has 138 valence electrons. The minimum atomic E-state index is -2.01. The van der Waals surface area contributed by atoms with Crippen LogP contribution in [0.25, 0.3) is 0 Å². The molecule has 3 aromatic carbocycles. The van der Waals surface area contributed by atoms with E-state index in [2.05, 4.69) is 105 Å². The van der Waals surface area contributed by atoms with Crippen molar-refractivity contribution in [1.82, 2.24) is 0 Å². The Bertz CT molecular complexity index is 762. The molecule has 0 spiro atoms. The van der Waals surface area contributed by atoms with Gasteiger partial charge in [-0.25, -0.2) is 0 Å². The lowest BCUT2D eigenvalue weighted by molar-refractivity contribution is -0.139. The maximum absolute atomic E-state index is 6.18. The van der Waals surface area contributed by atoms with Crippen LogP contribution in [-0.4, -0.2) is 24.7 Å². The number of hydrogen-bond acceptors (Lipinski definition) is 2. The van der Waals surface area contributed by atoms with E-state index >= 15 is 0 Å². The Balaban J connectivity index is 2.03. The standard InChI is InChI=1S/C24H26O2P/c1-20(24(2)25-18-19-26-24)27(21-12-6-3-7-13-21,22-14-8-4-9-15-22)23-16-10-5-11-17-23/h3-17,20H,18-19H2,1-2H3/q+1. The second kappa shape index (κ2) is 7.56. The van der Waals surface area contributed by atoms with E-state index in [1.165, 1.54) is 15.9 Å². The summed E-state index contributed by atoms with van der Waals surface area (Å²) in [6, 6.07) is 32.7. The van der Waals surface area contributed by atoms with E-state index in [9.17, 15) is 0 Å². The Morgan fingerprint density at radius 3 is 1.33 bits per heavy atom. The van der Waals surface area contributed by atoms with Gasteiger partial charge in [-0.05, 0) is 50.2 Å². The summed E-state index contributed by atoms with van der Waals surface area (Å²) in [7, 11) is -2.01. The molecule has 0 radical (unpaired) electrons. The summed E-state index contributed by atoms with van der Waals surface area (Å²) >= 11 is 0. The van der Waals surface area contributed by atoms with Gasteiger partial charge < -0.3 is 9.47 Å². The van der Waals surface area contributed by atoms with E-state index in [1.807, 2.05) is 0 Å². The molecule has 1 unspecified atom stereocenters. The first-order valence-electron chi connectivity index (χ1n) is 9.51. The topological polar surface area (TPSA) is 18.5 Å². The van der Waals surface area contributed by atoms with Crippen molar-refractivity contribution >= 4 is 23.2 Å². The zero-order chi connectivity index (χ0) is 18.7. The quantitative estimate of drug-likeness (QED) is 0.623. The molecule has 2 nitrogen and oxygen atoms in total. The van der Waals surface area contributed by atoms with Crippen LogP contribution in [0.3, 0.4) is 0 Å². The molecule has 1 aliphatic heterocycles. The third kappa shape index (κ3) is 3.12. The summed E-state index contributed by atoms with van der Waals surface area (Å²) in [4.78, 5) is 0. The van der Waals surface area contributed by atoms with Crippen molar-refractivity contribution in [2.75, 3.05) is 13.2 Å². The summed E-state index contributed by atoms with van der Waals surface area (Å²) < 4.78 is 12.4. The summed E-state index contributed by atoms with van der Waals surface area (Å²) in [6.07, 6.45) is 0. The van der Waals surface area contributed by atoms with Crippen LogP contribution in [-0.2, 0) is 9.47 Å². The Hall–Kier alpha value is -1.99. The molecule has 0 aromatic heterocycles. The molecule has 4 rings (SSSR count). The van der Waals surface area contributed by atoms with Gasteiger partial charge in [-0.2, -0.15) is 0 Å². The largest absolute Gasteiger partial charge is 0.344 e. The third-order valence-corrected chi connectivity index (χ3v) is 10.7. The van der Waals surface area contributed by atoms with Crippen molar-refractivity contribution in [2.45, 2.75) is 25.3 Å². The molecule has 0 bridgehead atoms. The molecular weight excluding hydrogens is 351 g/mol. The lowest BCUT2D eigenvalue weighted by Crippen LogP contribution is -2.49. The SMILES string of the molecule is CC(C1(C)OCCO1)[P+](c1ccccc1)(c1ccccc1)c1ccccc1. The maximum atomic E-state index is 6.18. The van der Waals surface area contributed by atoms with E-state index in [0.29, 0.717) is 13.2 Å². The number of hydrogen-bond donors (Lipinski definition) is 0. The molecule has 1 heterocycles. The highest BCUT2D eigenvalue weighted by atomic mass is 31.2. The van der Waals surface area contributed by atoms with Gasteiger partial charge in [0.1, 0.15) is 28.8 Å². The Morgan fingerprint density at radius 2 is 1.00 bits per heavy atom. The van der Waals surface area contributed by atoms with Crippen LogP contribution < -0.4 is 15.9 Å². The van der Waals surface area contributed by atoms with Gasteiger partial charge in [0.15, 0.2) is 0 Å². The van der Waals surface area contributed by atoms with Crippen molar-refractivity contribution in [3.8, 4) is 0 Å². The van der Waals surface area contributed by atoms with E-state index < -0.39 is 13.0 Å². The lowest BCUT2D eigenvalue weighted by Gasteiger charge is -2.39. The van der Waals surface area contributed by atoms with Gasteiger partial charge in [-0.1, -0.05) is 54.6 Å². The number of rotatable bonds is 5. The van der Waals surface area contributed by atoms with Gasteiger partial charge in [-0.15, -0.1) is 0 Å². The average molecular weight is 377 g/mol. The van der Waals surface area contributed by atoms with E-state index in [-0.39, 0.29) is 5.66 Å². The highest BCUT2D eigenvalue weighted by molar-refractivity contribution is 7.96. The van der Waals surface area contributed by atoms with Gasteiger partial charge in [-0.3, -0.25) is 0 Å². The fourth-order valence-corrected chi connectivity index (χ4v) is 9.25. The fraction of sp³-hybridized carbons (Fsp3) is 0.250. The fourth-order valence-electron chi connectivity index (χ4n) is 4.23. The molecule has 1 saturated heterocycles. The highest BCUT2D eigenvalue weighted by Gasteiger charge is 2.59. The van der Waals surface area contributed by atoms with E-state index in [1.54, 1.807) is 0 Å². The van der Waals surface area contributed by atoms with Crippen LogP contribution >= 0.6 is 7.26 Å². The second-order valence-electron chi connectivity index (χ2n) is 7.12. The highest BCUT2D eigenvalue weighted by Crippen LogP contribution is 2.63. The second-order valence-corrected chi connectivity index (χ2v) is 10.9. The molecule has 3 heteroatoms. The van der Waals surface area contributed by atoms with E-state index in [0.717, 1.165) is 0 Å². The summed E-state index contributed by atoms with van der Waals surface area (Å²) in [5, 5.41) is 4.07. The Morgan fingerprint density at radius 1 is 0.667 bits per heavy atom. The maximum Gasteiger partial charge on any atom is 0.203 e. The van der Waals surface area contributed by atoms with Crippen LogP contribution in [0.2, 0.25) is 0 Å². The average Bonchev–Trinajstić information content (AvgIpc) is 3.19. The zero-order valence-corrected chi connectivity index (χ0v) is 16.8. The predicted molar refractivity (Wildman–Crippen MR) is 115 cm³/mol. The summed E-state index contributed by atoms with van der Waals surface area (Å²) in [6.45, 7) is 5.71. The van der Waals surface area contributed by atoms with Crippen LogP contribution in [0.1, 0.15) is 13.8 Å². The smallest absolute Gasteiger partial charge is 0.203 e. The Kier molecular flexibility index (Phi) is 5.14. The minimum absolute atomic E-state index is 0.166. The van der Waals surface area contributed by atoms with Crippen LogP contribution in [0.5, 0.6) is 0 Å². The lowest BCUT2D eigenvalue weighted by atomic mass is 10.2. The normalized spacial score (nSPS) is 17.6. The van der Waals surface area contributed by atoms with Gasteiger partial charge in [0.2, 0.25) is 5.79 Å². The van der Waals surface area contributed by atoms with Crippen molar-refractivity contribution in [3.63, 3.8) is 0 Å². The first-order valence-corrected chi connectivity index (χ1v) is 11.4. The van der Waals surface area contributed by atoms with Crippen molar-refractivity contribution < 1.29 is 9.47 Å². The molecule has 27 heavy (non-hydrogen) atoms. The number of ether oxygens (including phenoxy) is 2. The minimum Gasteiger partial charge on any atom is -0.344 e. The van der Waals surface area contributed by atoms with Crippen molar-refractivity contribution in [1.29, 1.82) is 0 Å². The monoisotopic (exact) mass is 377 g/mol. The van der Waals surface area contributed by atoms with Gasteiger partial charge in [0, 0.05) is 0 Å². The molecule has 3 aromatic rings. The summed E-state index contributed by atoms with van der Waals surface area (Å²) in [5.74, 6) is -0.602. The molecule has 0 saturated carbocycles.